The molecule has 0 spiro atoms. The average Bonchev–Trinajstić information content (AvgIpc) is 2.86. The molecule has 2 aliphatic rings. The molecule has 0 saturated carbocycles. The van der Waals surface area contributed by atoms with Crippen LogP contribution in [0.15, 0.2) is 23.1 Å². The fourth-order valence-corrected chi connectivity index (χ4v) is 6.52. The first-order valence-electron chi connectivity index (χ1n) is 10.1. The molecule has 0 aliphatic carbocycles. The van der Waals surface area contributed by atoms with E-state index in [1.165, 1.54) is 21.3 Å². The predicted molar refractivity (Wildman–Crippen MR) is 118 cm³/mol. The largest absolute Gasteiger partial charge is 0.342 e. The first kappa shape index (κ1) is 23.3. The van der Waals surface area contributed by atoms with Crippen molar-refractivity contribution in [1.82, 2.24) is 14.5 Å². The van der Waals surface area contributed by atoms with Gasteiger partial charge in [0.05, 0.1) is 5.02 Å². The second-order valence-corrected chi connectivity index (χ2v) is 11.5. The van der Waals surface area contributed by atoms with E-state index in [9.17, 15) is 13.2 Å². The molecule has 0 bridgehead atoms. The molecule has 1 aromatic rings. The summed E-state index contributed by atoms with van der Waals surface area (Å²) in [5.41, 5.74) is -0.751. The molecule has 2 heterocycles. The Hall–Kier alpha value is -1.35. The van der Waals surface area contributed by atoms with E-state index in [0.717, 1.165) is 0 Å². The van der Waals surface area contributed by atoms with Crippen LogP contribution >= 0.6 is 23.2 Å². The second kappa shape index (κ2) is 8.65. The van der Waals surface area contributed by atoms with Crippen molar-refractivity contribution in [3.8, 4) is 0 Å². The van der Waals surface area contributed by atoms with Gasteiger partial charge in [-0.1, -0.05) is 37.0 Å². The average molecular weight is 475 g/mol. The minimum Gasteiger partial charge on any atom is -0.342 e. The van der Waals surface area contributed by atoms with E-state index >= 15 is 0 Å². The maximum Gasteiger partial charge on any atom is 0.254 e. The van der Waals surface area contributed by atoms with Crippen molar-refractivity contribution in [2.45, 2.75) is 50.5 Å². The summed E-state index contributed by atoms with van der Waals surface area (Å²) in [6.45, 7) is 7.03. The number of carbonyl (C=O) groups is 1. The number of nitrogens with one attached hydrogen (secondary N) is 2. The molecular weight excluding hydrogens is 447 g/mol. The van der Waals surface area contributed by atoms with Gasteiger partial charge in [-0.3, -0.25) is 15.1 Å². The molecule has 3 rings (SSSR count). The normalized spacial score (nSPS) is 24.0. The van der Waals surface area contributed by atoms with E-state index in [0.29, 0.717) is 49.8 Å². The van der Waals surface area contributed by atoms with Crippen LogP contribution in [-0.2, 0) is 14.8 Å². The molecule has 30 heavy (non-hydrogen) atoms. The van der Waals surface area contributed by atoms with Crippen molar-refractivity contribution < 1.29 is 13.2 Å². The third-order valence-electron chi connectivity index (χ3n) is 5.72. The molecule has 10 heteroatoms. The number of halogens is 2. The van der Waals surface area contributed by atoms with Gasteiger partial charge in [-0.2, -0.15) is 4.31 Å². The highest BCUT2D eigenvalue weighted by atomic mass is 35.5. The lowest BCUT2D eigenvalue weighted by Crippen LogP contribution is -2.46. The van der Waals surface area contributed by atoms with Crippen LogP contribution in [0.2, 0.25) is 10.0 Å². The van der Waals surface area contributed by atoms with Crippen LogP contribution in [-0.4, -0.2) is 54.7 Å². The van der Waals surface area contributed by atoms with Crippen LogP contribution < -0.4 is 5.32 Å². The number of carbonyl (C=O) groups excluding carboxylic acids is 1. The molecule has 0 radical (unpaired) electrons. The first-order chi connectivity index (χ1) is 13.9. The Kier molecular flexibility index (Phi) is 6.72. The zero-order valence-corrected chi connectivity index (χ0v) is 19.7. The number of sulfonamides is 1. The van der Waals surface area contributed by atoms with Crippen molar-refractivity contribution in [2.24, 2.45) is 11.8 Å². The van der Waals surface area contributed by atoms with E-state index in [1.54, 1.807) is 6.07 Å². The maximum atomic E-state index is 13.0. The Morgan fingerprint density at radius 3 is 2.50 bits per heavy atom. The zero-order valence-electron chi connectivity index (χ0n) is 17.4. The molecule has 2 fully saturated rings. The monoisotopic (exact) mass is 474 g/mol. The van der Waals surface area contributed by atoms with Gasteiger partial charge in [-0.25, -0.2) is 8.42 Å². The van der Waals surface area contributed by atoms with Gasteiger partial charge in [0.1, 0.15) is 10.4 Å². The molecule has 1 amide bonds. The van der Waals surface area contributed by atoms with Crippen molar-refractivity contribution in [3.63, 3.8) is 0 Å². The van der Waals surface area contributed by atoms with Crippen LogP contribution in [0.4, 0.5) is 0 Å². The van der Waals surface area contributed by atoms with E-state index in [4.69, 9.17) is 28.6 Å². The summed E-state index contributed by atoms with van der Waals surface area (Å²) in [4.78, 5) is 14.4. The molecule has 0 aromatic heterocycles. The van der Waals surface area contributed by atoms with Crippen molar-refractivity contribution >= 4 is 45.1 Å². The Morgan fingerprint density at radius 2 is 1.90 bits per heavy atom. The summed E-state index contributed by atoms with van der Waals surface area (Å²) in [5.74, 6) is 0.496. The summed E-state index contributed by atoms with van der Waals surface area (Å²) < 4.78 is 27.4. The number of rotatable bonds is 6. The smallest absolute Gasteiger partial charge is 0.254 e. The number of guanidine groups is 1. The quantitative estimate of drug-likeness (QED) is 0.658. The third-order valence-corrected chi connectivity index (χ3v) is 8.34. The number of hydrogen-bond donors (Lipinski definition) is 2. The zero-order chi connectivity index (χ0) is 22.3. The predicted octanol–water partition coefficient (Wildman–Crippen LogP) is 3.57. The molecule has 1 atom stereocenters. The van der Waals surface area contributed by atoms with Gasteiger partial charge in [0, 0.05) is 24.7 Å². The van der Waals surface area contributed by atoms with Crippen LogP contribution in [0, 0.1) is 17.2 Å². The van der Waals surface area contributed by atoms with Gasteiger partial charge < -0.3 is 5.32 Å². The van der Waals surface area contributed by atoms with E-state index in [1.807, 2.05) is 6.92 Å². The lowest BCUT2D eigenvalue weighted by molar-refractivity contribution is -0.131. The fourth-order valence-electron chi connectivity index (χ4n) is 4.32. The highest BCUT2D eigenvalue weighted by Gasteiger charge is 2.46. The van der Waals surface area contributed by atoms with Crippen LogP contribution in [0.1, 0.15) is 40.0 Å². The topological polar surface area (TPSA) is 93.6 Å². The van der Waals surface area contributed by atoms with Gasteiger partial charge in [0.25, 0.3) is 5.91 Å². The molecule has 1 unspecified atom stereocenters. The van der Waals surface area contributed by atoms with E-state index in [2.05, 4.69) is 19.2 Å². The van der Waals surface area contributed by atoms with E-state index < -0.39 is 15.6 Å². The highest BCUT2D eigenvalue weighted by Crippen LogP contribution is 2.31. The van der Waals surface area contributed by atoms with Crippen LogP contribution in [0.5, 0.6) is 0 Å². The molecule has 7 nitrogen and oxygen atoms in total. The summed E-state index contributed by atoms with van der Waals surface area (Å²) >= 11 is 12.1. The molecule has 1 aromatic carbocycles. The molecule has 2 N–H and O–H groups in total. The Labute approximate surface area is 188 Å². The second-order valence-electron chi connectivity index (χ2n) is 8.74. The summed E-state index contributed by atoms with van der Waals surface area (Å²) in [7, 11) is -3.74. The van der Waals surface area contributed by atoms with Gasteiger partial charge in [-0.05, 0) is 56.2 Å². The summed E-state index contributed by atoms with van der Waals surface area (Å²) in [5, 5.41) is 11.7. The molecule has 166 valence electrons. The standard InChI is InChI=1S/C20H28Cl2N4O3S/c1-13(2)11-20(3)18(27)26(19(23)24-20)12-14-6-8-25(9-7-14)30(28,29)17-10-15(21)4-5-16(17)22/h4-5,10,13-14H,6-9,11-12H2,1-3H3,(H2,23,24). The van der Waals surface area contributed by atoms with Crippen molar-refractivity contribution in [1.29, 1.82) is 5.41 Å². The van der Waals surface area contributed by atoms with Gasteiger partial charge in [-0.15, -0.1) is 0 Å². The number of amides is 1. The highest BCUT2D eigenvalue weighted by molar-refractivity contribution is 7.89. The summed E-state index contributed by atoms with van der Waals surface area (Å²) in [6.07, 6.45) is 1.87. The lowest BCUT2D eigenvalue weighted by Gasteiger charge is -2.33. The van der Waals surface area contributed by atoms with Crippen LogP contribution in [0.3, 0.4) is 0 Å². The molecule has 2 aliphatic heterocycles. The Balaban J connectivity index is 1.64. The number of hydrogen-bond acceptors (Lipinski definition) is 4. The minimum absolute atomic E-state index is 0.0141. The van der Waals surface area contributed by atoms with Crippen molar-refractivity contribution in [3.05, 3.63) is 28.2 Å². The lowest BCUT2D eigenvalue weighted by atomic mass is 9.90. The van der Waals surface area contributed by atoms with E-state index in [-0.39, 0.29) is 27.7 Å². The fraction of sp³-hybridized carbons (Fsp3) is 0.600. The van der Waals surface area contributed by atoms with Crippen LogP contribution in [0.25, 0.3) is 0 Å². The molecule has 2 saturated heterocycles. The van der Waals surface area contributed by atoms with Gasteiger partial charge in [0.15, 0.2) is 5.96 Å². The third kappa shape index (κ3) is 4.61. The summed E-state index contributed by atoms with van der Waals surface area (Å²) in [6, 6.07) is 4.41. The van der Waals surface area contributed by atoms with Gasteiger partial charge >= 0.3 is 0 Å². The first-order valence-corrected chi connectivity index (χ1v) is 12.3. The van der Waals surface area contributed by atoms with Crippen molar-refractivity contribution in [2.75, 3.05) is 19.6 Å². The SMILES string of the molecule is CC(C)CC1(C)NC(=N)N(CC2CCN(S(=O)(=O)c3cc(Cl)ccc3Cl)CC2)C1=O. The Bertz CT molecular complexity index is 945. The number of piperidine rings is 1. The number of benzene rings is 1. The van der Waals surface area contributed by atoms with Gasteiger partial charge in [0.2, 0.25) is 10.0 Å². The molecular formula is C20H28Cl2N4O3S. The minimum atomic E-state index is -3.74. The maximum absolute atomic E-state index is 13.0. The Morgan fingerprint density at radius 1 is 1.27 bits per heavy atom. The number of nitrogens with zero attached hydrogens (tertiary/aromatic N) is 2.